The van der Waals surface area contributed by atoms with E-state index >= 15 is 0 Å². The van der Waals surface area contributed by atoms with E-state index in [1.54, 1.807) is 0 Å². The Labute approximate surface area is 98.8 Å². The van der Waals surface area contributed by atoms with Crippen molar-refractivity contribution in [2.75, 3.05) is 13.2 Å². The number of rotatable bonds is 6. The average Bonchev–Trinajstić information content (AvgIpc) is 2.23. The van der Waals surface area contributed by atoms with Crippen LogP contribution in [0.2, 0.25) is 0 Å². The van der Waals surface area contributed by atoms with E-state index in [0.717, 1.165) is 31.7 Å². The molecule has 0 aliphatic rings. The van der Waals surface area contributed by atoms with Crippen LogP contribution in [0.15, 0.2) is 12.1 Å². The molecule has 0 spiro atoms. The van der Waals surface area contributed by atoms with Crippen molar-refractivity contribution >= 4 is 0 Å². The second-order valence-corrected chi connectivity index (χ2v) is 4.21. The van der Waals surface area contributed by atoms with Crippen LogP contribution in [0.25, 0.3) is 0 Å². The van der Waals surface area contributed by atoms with Crippen LogP contribution in [-0.4, -0.2) is 13.2 Å². The van der Waals surface area contributed by atoms with Crippen molar-refractivity contribution in [3.05, 3.63) is 28.8 Å². The lowest BCUT2D eigenvalue weighted by Crippen LogP contribution is -2.01. The zero-order valence-corrected chi connectivity index (χ0v) is 10.7. The maximum atomic E-state index is 5.53. The molecule has 0 fully saturated rings. The van der Waals surface area contributed by atoms with Gasteiger partial charge in [-0.05, 0) is 75.4 Å². The van der Waals surface area contributed by atoms with Gasteiger partial charge in [-0.3, -0.25) is 0 Å². The maximum Gasteiger partial charge on any atom is 0.119 e. The second kappa shape index (κ2) is 6.54. The molecule has 16 heavy (non-hydrogen) atoms. The van der Waals surface area contributed by atoms with Gasteiger partial charge >= 0.3 is 0 Å². The average molecular weight is 221 g/mol. The third-order valence-electron chi connectivity index (χ3n) is 2.86. The van der Waals surface area contributed by atoms with Gasteiger partial charge in [-0.1, -0.05) is 0 Å². The second-order valence-electron chi connectivity index (χ2n) is 4.21. The molecule has 2 heteroatoms. The van der Waals surface area contributed by atoms with Gasteiger partial charge in [-0.15, -0.1) is 0 Å². The molecule has 0 atom stereocenters. The topological polar surface area (TPSA) is 35.2 Å². The smallest absolute Gasteiger partial charge is 0.119 e. The highest BCUT2D eigenvalue weighted by atomic mass is 16.5. The van der Waals surface area contributed by atoms with Gasteiger partial charge < -0.3 is 10.5 Å². The van der Waals surface area contributed by atoms with Crippen molar-refractivity contribution in [3.63, 3.8) is 0 Å². The van der Waals surface area contributed by atoms with Crippen LogP contribution in [0, 0.1) is 13.8 Å². The van der Waals surface area contributed by atoms with Gasteiger partial charge in [0.25, 0.3) is 0 Å². The van der Waals surface area contributed by atoms with Crippen molar-refractivity contribution in [2.24, 2.45) is 5.73 Å². The molecule has 2 N–H and O–H groups in total. The summed E-state index contributed by atoms with van der Waals surface area (Å²) in [5.41, 5.74) is 9.64. The van der Waals surface area contributed by atoms with Crippen LogP contribution < -0.4 is 10.5 Å². The zero-order valence-electron chi connectivity index (χ0n) is 10.7. The zero-order chi connectivity index (χ0) is 12.0. The summed E-state index contributed by atoms with van der Waals surface area (Å²) in [5.74, 6) is 0.986. The normalized spacial score (nSPS) is 10.5. The van der Waals surface area contributed by atoms with Crippen LogP contribution in [0.3, 0.4) is 0 Å². The molecule has 0 aliphatic heterocycles. The van der Waals surface area contributed by atoms with Gasteiger partial charge in [0, 0.05) is 0 Å². The Balaban J connectivity index is 2.77. The minimum absolute atomic E-state index is 0.728. The van der Waals surface area contributed by atoms with Crippen LogP contribution in [0.1, 0.15) is 36.5 Å². The molecule has 1 aromatic carbocycles. The van der Waals surface area contributed by atoms with E-state index < -0.39 is 0 Å². The van der Waals surface area contributed by atoms with E-state index in [2.05, 4.69) is 26.0 Å². The number of benzene rings is 1. The maximum absolute atomic E-state index is 5.53. The fourth-order valence-corrected chi connectivity index (χ4v) is 2.04. The first-order valence-electron chi connectivity index (χ1n) is 6.12. The molecule has 1 aromatic rings. The van der Waals surface area contributed by atoms with E-state index in [1.165, 1.54) is 23.1 Å². The first-order valence-corrected chi connectivity index (χ1v) is 6.12. The Morgan fingerprint density at radius 3 is 2.25 bits per heavy atom. The molecular formula is C14H23NO. The Morgan fingerprint density at radius 1 is 1.12 bits per heavy atom. The molecule has 1 rings (SSSR count). The fraction of sp³-hybridized carbons (Fsp3) is 0.571. The standard InChI is InChI=1S/C14H23NO/c1-4-16-13-9-11(2)14(12(3)10-13)7-5-6-8-15/h9-10H,4-8,15H2,1-3H3. The summed E-state index contributed by atoms with van der Waals surface area (Å²) in [6, 6.07) is 4.27. The Morgan fingerprint density at radius 2 is 1.75 bits per heavy atom. The summed E-state index contributed by atoms with van der Waals surface area (Å²) in [6.07, 6.45) is 3.40. The minimum Gasteiger partial charge on any atom is -0.494 e. The number of ether oxygens (including phenoxy) is 1. The Bertz CT molecular complexity index is 311. The molecular weight excluding hydrogens is 198 g/mol. The summed E-state index contributed by atoms with van der Waals surface area (Å²) in [6.45, 7) is 7.85. The van der Waals surface area contributed by atoms with Gasteiger partial charge in [0.2, 0.25) is 0 Å². The fourth-order valence-electron chi connectivity index (χ4n) is 2.04. The number of hydrogen-bond donors (Lipinski definition) is 1. The van der Waals surface area contributed by atoms with Gasteiger partial charge in [0.05, 0.1) is 6.61 Å². The minimum atomic E-state index is 0.728. The van der Waals surface area contributed by atoms with Gasteiger partial charge in [0.15, 0.2) is 0 Å². The lowest BCUT2D eigenvalue weighted by molar-refractivity contribution is 0.339. The van der Waals surface area contributed by atoms with Gasteiger partial charge in [0.1, 0.15) is 5.75 Å². The van der Waals surface area contributed by atoms with Crippen molar-refractivity contribution < 1.29 is 4.74 Å². The predicted octanol–water partition coefficient (Wildman–Crippen LogP) is 2.98. The number of nitrogens with two attached hydrogens (primary N) is 1. The van der Waals surface area contributed by atoms with Gasteiger partial charge in [-0.25, -0.2) is 0 Å². The van der Waals surface area contributed by atoms with E-state index in [-0.39, 0.29) is 0 Å². The van der Waals surface area contributed by atoms with Crippen LogP contribution in [0.5, 0.6) is 5.75 Å². The highest BCUT2D eigenvalue weighted by molar-refractivity contribution is 5.41. The third-order valence-corrected chi connectivity index (χ3v) is 2.86. The number of hydrogen-bond acceptors (Lipinski definition) is 2. The molecule has 0 unspecified atom stereocenters. The molecule has 0 radical (unpaired) electrons. The molecule has 0 saturated carbocycles. The van der Waals surface area contributed by atoms with Crippen molar-refractivity contribution in [1.29, 1.82) is 0 Å². The highest BCUT2D eigenvalue weighted by Gasteiger charge is 2.05. The Kier molecular flexibility index (Phi) is 5.33. The molecule has 90 valence electrons. The summed E-state index contributed by atoms with van der Waals surface area (Å²) >= 11 is 0. The molecule has 0 aromatic heterocycles. The summed E-state index contributed by atoms with van der Waals surface area (Å²) in [7, 11) is 0. The summed E-state index contributed by atoms with van der Waals surface area (Å²) in [5, 5.41) is 0. The molecule has 0 heterocycles. The van der Waals surface area contributed by atoms with Crippen LogP contribution in [-0.2, 0) is 6.42 Å². The van der Waals surface area contributed by atoms with Gasteiger partial charge in [-0.2, -0.15) is 0 Å². The first kappa shape index (κ1) is 13.0. The van der Waals surface area contributed by atoms with E-state index in [9.17, 15) is 0 Å². The molecule has 0 saturated heterocycles. The van der Waals surface area contributed by atoms with E-state index in [1.807, 2.05) is 6.92 Å². The van der Waals surface area contributed by atoms with Crippen molar-refractivity contribution in [3.8, 4) is 5.75 Å². The number of aryl methyl sites for hydroxylation is 2. The molecule has 0 amide bonds. The number of unbranched alkanes of at least 4 members (excludes halogenated alkanes) is 1. The first-order chi connectivity index (χ1) is 7.69. The molecule has 0 bridgehead atoms. The lowest BCUT2D eigenvalue weighted by atomic mass is 9.97. The van der Waals surface area contributed by atoms with Crippen molar-refractivity contribution in [1.82, 2.24) is 0 Å². The SMILES string of the molecule is CCOc1cc(C)c(CCCCN)c(C)c1. The Hall–Kier alpha value is -1.02. The summed E-state index contributed by atoms with van der Waals surface area (Å²) < 4.78 is 5.53. The highest BCUT2D eigenvalue weighted by Crippen LogP contribution is 2.23. The van der Waals surface area contributed by atoms with E-state index in [4.69, 9.17) is 10.5 Å². The third kappa shape index (κ3) is 3.53. The molecule has 2 nitrogen and oxygen atoms in total. The summed E-state index contributed by atoms with van der Waals surface area (Å²) in [4.78, 5) is 0. The quantitative estimate of drug-likeness (QED) is 0.749. The van der Waals surface area contributed by atoms with Crippen LogP contribution in [0.4, 0.5) is 0 Å². The molecule has 0 aliphatic carbocycles. The largest absolute Gasteiger partial charge is 0.494 e. The predicted molar refractivity (Wildman–Crippen MR) is 69.1 cm³/mol. The van der Waals surface area contributed by atoms with E-state index in [0.29, 0.717) is 0 Å². The van der Waals surface area contributed by atoms with Crippen LogP contribution >= 0.6 is 0 Å². The lowest BCUT2D eigenvalue weighted by Gasteiger charge is -2.12. The monoisotopic (exact) mass is 221 g/mol. The van der Waals surface area contributed by atoms with Crippen molar-refractivity contribution in [2.45, 2.75) is 40.0 Å².